The molecule has 0 amide bonds. The SMILES string of the molecule is CC(C)(C)c1ccc(S(=O)(=O)Cc2cc(CF)nn2-c2cccc3ncccc23)cc1F. The number of sulfone groups is 1. The minimum atomic E-state index is -3.92. The zero-order chi connectivity index (χ0) is 23.1. The lowest BCUT2D eigenvalue weighted by molar-refractivity contribution is 0.473. The maximum atomic E-state index is 14.7. The number of pyridine rings is 1. The molecule has 0 aliphatic heterocycles. The van der Waals surface area contributed by atoms with Crippen molar-refractivity contribution in [1.29, 1.82) is 0 Å². The summed E-state index contributed by atoms with van der Waals surface area (Å²) in [5.74, 6) is -1.03. The first kappa shape index (κ1) is 22.1. The first-order valence-electron chi connectivity index (χ1n) is 10.1. The van der Waals surface area contributed by atoms with Crippen molar-refractivity contribution < 1.29 is 17.2 Å². The van der Waals surface area contributed by atoms with Crippen molar-refractivity contribution in [2.45, 2.75) is 43.5 Å². The summed E-state index contributed by atoms with van der Waals surface area (Å²) >= 11 is 0. The van der Waals surface area contributed by atoms with Crippen LogP contribution < -0.4 is 0 Å². The van der Waals surface area contributed by atoms with Gasteiger partial charge in [-0.05, 0) is 53.4 Å². The number of hydrogen-bond acceptors (Lipinski definition) is 4. The summed E-state index contributed by atoms with van der Waals surface area (Å²) in [7, 11) is -3.92. The summed E-state index contributed by atoms with van der Waals surface area (Å²) in [5.41, 5.74) is 1.68. The van der Waals surface area contributed by atoms with Crippen LogP contribution in [0.4, 0.5) is 8.78 Å². The fourth-order valence-corrected chi connectivity index (χ4v) is 5.02. The molecule has 32 heavy (non-hydrogen) atoms. The second-order valence-electron chi connectivity index (χ2n) is 8.67. The van der Waals surface area contributed by atoms with Gasteiger partial charge in [-0.2, -0.15) is 5.10 Å². The topological polar surface area (TPSA) is 64.8 Å². The lowest BCUT2D eigenvalue weighted by atomic mass is 9.87. The zero-order valence-electron chi connectivity index (χ0n) is 18.0. The van der Waals surface area contributed by atoms with E-state index in [4.69, 9.17) is 0 Å². The molecule has 2 aromatic heterocycles. The number of aromatic nitrogens is 3. The maximum absolute atomic E-state index is 14.7. The predicted molar refractivity (Wildman–Crippen MR) is 120 cm³/mol. The van der Waals surface area contributed by atoms with E-state index in [1.807, 2.05) is 32.9 Å². The maximum Gasteiger partial charge on any atom is 0.184 e. The molecule has 0 atom stereocenters. The van der Waals surface area contributed by atoms with Crippen molar-refractivity contribution in [3.8, 4) is 5.69 Å². The molecule has 8 heteroatoms. The highest BCUT2D eigenvalue weighted by Gasteiger charge is 2.24. The Hall–Kier alpha value is -3.13. The smallest absolute Gasteiger partial charge is 0.184 e. The molecular weight excluding hydrogens is 432 g/mol. The fourth-order valence-electron chi connectivity index (χ4n) is 3.70. The summed E-state index contributed by atoms with van der Waals surface area (Å²) in [6, 6.07) is 14.4. The van der Waals surface area contributed by atoms with E-state index in [1.165, 1.54) is 22.9 Å². The minimum Gasteiger partial charge on any atom is -0.256 e. The lowest BCUT2D eigenvalue weighted by Gasteiger charge is -2.20. The molecule has 5 nitrogen and oxygen atoms in total. The Morgan fingerprint density at radius 2 is 1.81 bits per heavy atom. The Kier molecular flexibility index (Phi) is 5.58. The third kappa shape index (κ3) is 4.14. The molecule has 2 heterocycles. The van der Waals surface area contributed by atoms with Gasteiger partial charge in [0.05, 0.1) is 33.2 Å². The third-order valence-corrected chi connectivity index (χ3v) is 6.92. The fraction of sp³-hybridized carbons (Fsp3) is 0.250. The van der Waals surface area contributed by atoms with E-state index >= 15 is 0 Å². The molecule has 4 rings (SSSR count). The van der Waals surface area contributed by atoms with Crippen molar-refractivity contribution >= 4 is 20.7 Å². The van der Waals surface area contributed by atoms with Gasteiger partial charge >= 0.3 is 0 Å². The Labute approximate surface area is 185 Å². The molecule has 0 saturated heterocycles. The van der Waals surface area contributed by atoms with Gasteiger partial charge in [0.1, 0.15) is 12.5 Å². The van der Waals surface area contributed by atoms with Crippen LogP contribution in [0.5, 0.6) is 0 Å². The van der Waals surface area contributed by atoms with Crippen LogP contribution in [-0.4, -0.2) is 23.2 Å². The summed E-state index contributed by atoms with van der Waals surface area (Å²) < 4.78 is 55.8. The molecule has 0 unspecified atom stereocenters. The average Bonchev–Trinajstić information content (AvgIpc) is 3.14. The average molecular weight is 456 g/mol. The van der Waals surface area contributed by atoms with Gasteiger partial charge < -0.3 is 0 Å². The molecular formula is C24H23F2N3O2S. The number of fused-ring (bicyclic) bond motifs is 1. The van der Waals surface area contributed by atoms with Gasteiger partial charge in [-0.15, -0.1) is 0 Å². The van der Waals surface area contributed by atoms with Gasteiger partial charge in [-0.1, -0.05) is 32.9 Å². The van der Waals surface area contributed by atoms with Crippen LogP contribution in [0.1, 0.15) is 37.7 Å². The Bertz CT molecular complexity index is 1400. The largest absolute Gasteiger partial charge is 0.256 e. The van der Waals surface area contributed by atoms with Crippen LogP contribution >= 0.6 is 0 Å². The minimum absolute atomic E-state index is 0.116. The Balaban J connectivity index is 1.78. The first-order valence-corrected chi connectivity index (χ1v) is 11.8. The van der Waals surface area contributed by atoms with Crippen molar-refractivity contribution in [2.75, 3.05) is 0 Å². The zero-order valence-corrected chi connectivity index (χ0v) is 18.8. The quantitative estimate of drug-likeness (QED) is 0.410. The van der Waals surface area contributed by atoms with E-state index in [0.717, 1.165) is 11.5 Å². The van der Waals surface area contributed by atoms with E-state index in [0.29, 0.717) is 16.8 Å². The molecule has 0 saturated carbocycles. The highest BCUT2D eigenvalue weighted by Crippen LogP contribution is 2.29. The molecule has 0 bridgehead atoms. The van der Waals surface area contributed by atoms with Crippen LogP contribution in [0.15, 0.2) is 65.7 Å². The van der Waals surface area contributed by atoms with Crippen LogP contribution in [0.3, 0.4) is 0 Å². The normalized spacial score (nSPS) is 12.4. The first-order chi connectivity index (χ1) is 15.1. The number of halogens is 2. The van der Waals surface area contributed by atoms with Crippen molar-refractivity contribution in [2.24, 2.45) is 0 Å². The monoisotopic (exact) mass is 455 g/mol. The Morgan fingerprint density at radius 3 is 2.50 bits per heavy atom. The van der Waals surface area contributed by atoms with Crippen LogP contribution in [-0.2, 0) is 27.7 Å². The summed E-state index contributed by atoms with van der Waals surface area (Å²) in [6.45, 7) is 4.74. The van der Waals surface area contributed by atoms with E-state index in [-0.39, 0.29) is 16.3 Å². The standard InChI is InChI=1S/C24H23F2N3O2S/c1-24(2,3)20-10-9-18(13-21(20)26)32(30,31)15-17-12-16(14-25)28-29(17)23-8-4-7-22-19(23)6-5-11-27-22/h4-13H,14-15H2,1-3H3. The third-order valence-electron chi connectivity index (χ3n) is 5.27. The second-order valence-corrected chi connectivity index (χ2v) is 10.7. The van der Waals surface area contributed by atoms with Gasteiger partial charge in [0.2, 0.25) is 0 Å². The second kappa shape index (κ2) is 8.09. The van der Waals surface area contributed by atoms with Crippen molar-refractivity contribution in [3.63, 3.8) is 0 Å². The van der Waals surface area contributed by atoms with E-state index in [2.05, 4.69) is 10.1 Å². The van der Waals surface area contributed by atoms with E-state index in [1.54, 1.807) is 24.4 Å². The molecule has 4 aromatic rings. The summed E-state index contributed by atoms with van der Waals surface area (Å²) in [6.07, 6.45) is 1.66. The van der Waals surface area contributed by atoms with Gasteiger partial charge in [0.25, 0.3) is 0 Å². The van der Waals surface area contributed by atoms with Crippen LogP contribution in [0, 0.1) is 5.82 Å². The predicted octanol–water partition coefficient (Wildman–Crippen LogP) is 5.30. The molecule has 166 valence electrons. The molecule has 2 aromatic carbocycles. The number of alkyl halides is 1. The number of benzene rings is 2. The molecule has 0 aliphatic carbocycles. The Morgan fingerprint density at radius 1 is 1.03 bits per heavy atom. The molecule has 0 spiro atoms. The highest BCUT2D eigenvalue weighted by molar-refractivity contribution is 7.90. The van der Waals surface area contributed by atoms with Gasteiger partial charge in [-0.3, -0.25) is 4.98 Å². The van der Waals surface area contributed by atoms with Crippen molar-refractivity contribution in [1.82, 2.24) is 14.8 Å². The van der Waals surface area contributed by atoms with Gasteiger partial charge in [0.15, 0.2) is 9.84 Å². The number of rotatable bonds is 5. The summed E-state index contributed by atoms with van der Waals surface area (Å²) in [4.78, 5) is 4.18. The van der Waals surface area contributed by atoms with E-state index in [9.17, 15) is 17.2 Å². The van der Waals surface area contributed by atoms with E-state index < -0.39 is 33.5 Å². The molecule has 0 fully saturated rings. The lowest BCUT2D eigenvalue weighted by Crippen LogP contribution is -2.15. The number of hydrogen-bond donors (Lipinski definition) is 0. The molecule has 0 aliphatic rings. The highest BCUT2D eigenvalue weighted by atomic mass is 32.2. The van der Waals surface area contributed by atoms with Gasteiger partial charge in [0, 0.05) is 11.6 Å². The summed E-state index contributed by atoms with van der Waals surface area (Å²) in [5, 5.41) is 5.02. The van der Waals surface area contributed by atoms with Gasteiger partial charge in [-0.25, -0.2) is 21.9 Å². The van der Waals surface area contributed by atoms with Crippen molar-refractivity contribution in [3.05, 3.63) is 83.6 Å². The number of nitrogens with zero attached hydrogens (tertiary/aromatic N) is 3. The molecule has 0 radical (unpaired) electrons. The van der Waals surface area contributed by atoms with Crippen LogP contribution in [0.2, 0.25) is 0 Å². The molecule has 0 N–H and O–H groups in total. The van der Waals surface area contributed by atoms with Crippen LogP contribution in [0.25, 0.3) is 16.6 Å².